The first-order chi connectivity index (χ1) is 4.04. The number of hydrogen-bond acceptors (Lipinski definition) is 2. The van der Waals surface area contributed by atoms with Gasteiger partial charge in [0.15, 0.2) is 0 Å². The van der Waals surface area contributed by atoms with Gasteiger partial charge in [-0.2, -0.15) is 0 Å². The van der Waals surface area contributed by atoms with E-state index in [1.165, 1.54) is 0 Å². The van der Waals surface area contributed by atoms with E-state index in [2.05, 4.69) is 6.58 Å². The summed E-state index contributed by atoms with van der Waals surface area (Å²) < 4.78 is 0. The Labute approximate surface area is 56.4 Å². The SMILES string of the molecule is C=C(CC(C)C)B(O)O. The van der Waals surface area contributed by atoms with Crippen molar-refractivity contribution in [2.45, 2.75) is 20.3 Å². The Kier molecular flexibility index (Phi) is 3.58. The van der Waals surface area contributed by atoms with E-state index in [0.29, 0.717) is 17.8 Å². The Bertz CT molecular complexity index is 99.2. The zero-order chi connectivity index (χ0) is 7.44. The third kappa shape index (κ3) is 4.24. The first-order valence-electron chi connectivity index (χ1n) is 3.08. The van der Waals surface area contributed by atoms with Gasteiger partial charge in [0, 0.05) is 0 Å². The van der Waals surface area contributed by atoms with Gasteiger partial charge in [0.2, 0.25) is 0 Å². The van der Waals surface area contributed by atoms with Crippen molar-refractivity contribution in [2.75, 3.05) is 0 Å². The highest BCUT2D eigenvalue weighted by Gasteiger charge is 2.12. The lowest BCUT2D eigenvalue weighted by atomic mass is 9.76. The van der Waals surface area contributed by atoms with Crippen LogP contribution in [0.5, 0.6) is 0 Å². The van der Waals surface area contributed by atoms with E-state index < -0.39 is 7.12 Å². The Morgan fingerprint density at radius 3 is 2.11 bits per heavy atom. The second kappa shape index (κ2) is 3.69. The molecule has 0 aromatic carbocycles. The highest BCUT2D eigenvalue weighted by atomic mass is 16.4. The van der Waals surface area contributed by atoms with Gasteiger partial charge in [-0.25, -0.2) is 0 Å². The molecule has 3 heteroatoms. The molecule has 0 unspecified atom stereocenters. The fourth-order valence-electron chi connectivity index (χ4n) is 0.630. The van der Waals surface area contributed by atoms with Crippen molar-refractivity contribution in [3.05, 3.63) is 12.1 Å². The van der Waals surface area contributed by atoms with Crippen molar-refractivity contribution in [2.24, 2.45) is 5.92 Å². The zero-order valence-electron chi connectivity index (χ0n) is 5.96. The fraction of sp³-hybridized carbons (Fsp3) is 0.667. The minimum Gasteiger partial charge on any atom is -0.423 e. The van der Waals surface area contributed by atoms with Gasteiger partial charge in [-0.3, -0.25) is 0 Å². The molecule has 0 rings (SSSR count). The molecule has 0 spiro atoms. The minimum absolute atomic E-state index is 0.444. The van der Waals surface area contributed by atoms with Crippen LogP contribution in [0.3, 0.4) is 0 Å². The first-order valence-corrected chi connectivity index (χ1v) is 3.08. The summed E-state index contributed by atoms with van der Waals surface area (Å²) in [6.45, 7) is 7.51. The molecule has 0 heterocycles. The molecule has 52 valence electrons. The van der Waals surface area contributed by atoms with Crippen LogP contribution in [0.4, 0.5) is 0 Å². The summed E-state index contributed by atoms with van der Waals surface area (Å²) in [6.07, 6.45) is 0.678. The van der Waals surface area contributed by atoms with Crippen LogP contribution < -0.4 is 0 Å². The molecule has 0 bridgehead atoms. The average Bonchev–Trinajstić information content (AvgIpc) is 1.63. The van der Waals surface area contributed by atoms with Gasteiger partial charge in [-0.05, 0) is 17.8 Å². The van der Waals surface area contributed by atoms with Crippen LogP contribution in [-0.4, -0.2) is 17.2 Å². The van der Waals surface area contributed by atoms with E-state index in [1.54, 1.807) is 0 Å². The van der Waals surface area contributed by atoms with Crippen molar-refractivity contribution in [3.63, 3.8) is 0 Å². The van der Waals surface area contributed by atoms with Crippen LogP contribution in [0.2, 0.25) is 0 Å². The topological polar surface area (TPSA) is 40.5 Å². The van der Waals surface area contributed by atoms with Crippen LogP contribution >= 0.6 is 0 Å². The maximum absolute atomic E-state index is 8.53. The summed E-state index contributed by atoms with van der Waals surface area (Å²) in [5, 5.41) is 17.1. The summed E-state index contributed by atoms with van der Waals surface area (Å²) in [5.74, 6) is 0.444. The van der Waals surface area contributed by atoms with Crippen LogP contribution in [0.25, 0.3) is 0 Å². The lowest BCUT2D eigenvalue weighted by Crippen LogP contribution is -2.15. The van der Waals surface area contributed by atoms with Gasteiger partial charge >= 0.3 is 7.12 Å². The van der Waals surface area contributed by atoms with E-state index in [4.69, 9.17) is 10.0 Å². The molecule has 9 heavy (non-hydrogen) atoms. The molecule has 0 fully saturated rings. The monoisotopic (exact) mass is 128 g/mol. The number of rotatable bonds is 3. The maximum Gasteiger partial charge on any atom is 0.483 e. The number of allylic oxidation sites excluding steroid dienone is 1. The van der Waals surface area contributed by atoms with Crippen molar-refractivity contribution in [3.8, 4) is 0 Å². The summed E-state index contributed by atoms with van der Waals surface area (Å²) in [7, 11) is -1.34. The molecule has 0 amide bonds. The van der Waals surface area contributed by atoms with Crippen LogP contribution in [-0.2, 0) is 0 Å². The Morgan fingerprint density at radius 2 is 2.00 bits per heavy atom. The van der Waals surface area contributed by atoms with Crippen LogP contribution in [0.15, 0.2) is 12.1 Å². The third-order valence-electron chi connectivity index (χ3n) is 1.04. The molecule has 0 saturated carbocycles. The van der Waals surface area contributed by atoms with Gasteiger partial charge < -0.3 is 10.0 Å². The number of hydrogen-bond donors (Lipinski definition) is 2. The smallest absolute Gasteiger partial charge is 0.423 e. The second-order valence-electron chi connectivity index (χ2n) is 2.63. The van der Waals surface area contributed by atoms with Gasteiger partial charge in [-0.1, -0.05) is 13.8 Å². The first kappa shape index (κ1) is 8.72. The van der Waals surface area contributed by atoms with Gasteiger partial charge in [0.05, 0.1) is 0 Å². The fourth-order valence-corrected chi connectivity index (χ4v) is 0.630. The molecule has 0 aliphatic carbocycles. The molecule has 0 aromatic rings. The second-order valence-corrected chi connectivity index (χ2v) is 2.63. The zero-order valence-corrected chi connectivity index (χ0v) is 5.96. The molecule has 2 N–H and O–H groups in total. The summed E-state index contributed by atoms with van der Waals surface area (Å²) >= 11 is 0. The van der Waals surface area contributed by atoms with Crippen molar-refractivity contribution >= 4 is 7.12 Å². The quantitative estimate of drug-likeness (QED) is 0.546. The van der Waals surface area contributed by atoms with Crippen molar-refractivity contribution in [1.29, 1.82) is 0 Å². The Hall–Kier alpha value is -0.275. The molecular weight excluding hydrogens is 115 g/mol. The largest absolute Gasteiger partial charge is 0.483 e. The van der Waals surface area contributed by atoms with Gasteiger partial charge in [-0.15, -0.1) is 6.58 Å². The van der Waals surface area contributed by atoms with E-state index >= 15 is 0 Å². The Balaban J connectivity index is 3.51. The van der Waals surface area contributed by atoms with E-state index in [9.17, 15) is 0 Å². The molecule has 2 nitrogen and oxygen atoms in total. The average molecular weight is 128 g/mol. The molecule has 0 saturated heterocycles. The van der Waals surface area contributed by atoms with Crippen molar-refractivity contribution in [1.82, 2.24) is 0 Å². The molecule has 0 aromatic heterocycles. The summed E-state index contributed by atoms with van der Waals surface area (Å²) in [5.41, 5.74) is 0.491. The minimum atomic E-state index is -1.34. The molecule has 0 atom stereocenters. The highest BCUT2D eigenvalue weighted by Crippen LogP contribution is 2.08. The Morgan fingerprint density at radius 1 is 1.56 bits per heavy atom. The van der Waals surface area contributed by atoms with E-state index in [1.807, 2.05) is 13.8 Å². The van der Waals surface area contributed by atoms with E-state index in [-0.39, 0.29) is 0 Å². The van der Waals surface area contributed by atoms with Crippen LogP contribution in [0.1, 0.15) is 20.3 Å². The van der Waals surface area contributed by atoms with Crippen molar-refractivity contribution < 1.29 is 10.0 Å². The normalized spacial score (nSPS) is 9.89. The lowest BCUT2D eigenvalue weighted by molar-refractivity contribution is 0.413. The molecule has 0 aliphatic heterocycles. The van der Waals surface area contributed by atoms with E-state index in [0.717, 1.165) is 0 Å². The summed E-state index contributed by atoms with van der Waals surface area (Å²) in [6, 6.07) is 0. The van der Waals surface area contributed by atoms with Gasteiger partial charge in [0.1, 0.15) is 0 Å². The molecular formula is C6H13BO2. The van der Waals surface area contributed by atoms with Crippen LogP contribution in [0, 0.1) is 5.92 Å². The standard InChI is InChI=1S/C6H13BO2/c1-5(2)4-6(3)7(8)9/h5,8-9H,3-4H2,1-2H3. The lowest BCUT2D eigenvalue weighted by Gasteiger charge is -2.05. The molecule has 0 radical (unpaired) electrons. The predicted molar refractivity (Wildman–Crippen MR) is 38.8 cm³/mol. The predicted octanol–water partition coefficient (Wildman–Crippen LogP) is 0.601. The maximum atomic E-state index is 8.53. The van der Waals surface area contributed by atoms with Gasteiger partial charge in [0.25, 0.3) is 0 Å². The molecule has 0 aliphatic rings. The summed E-state index contributed by atoms with van der Waals surface area (Å²) in [4.78, 5) is 0. The third-order valence-corrected chi connectivity index (χ3v) is 1.04. The highest BCUT2D eigenvalue weighted by molar-refractivity contribution is 6.50.